The Kier molecular flexibility index (Phi) is 5.14. The number of fused-ring (bicyclic) bond motifs is 1. The Hall–Kier alpha value is -0.966. The van der Waals surface area contributed by atoms with Crippen LogP contribution in [0.1, 0.15) is 45.4 Å². The SMILES string of the molecule is C=C1C[C@]23C[C@@]1(O[Si](C)(C)C)CC[C@H]2[C@]12OC(=O)C(C)(CC[C@@H]1O[Si](C)(C)C)[C@H]2[C@@H]3C(=O)OC. The normalized spacial score (nSPS) is 47.3. The Balaban J connectivity index is 1.70. The van der Waals surface area contributed by atoms with Gasteiger partial charge in [0.2, 0.25) is 0 Å². The van der Waals surface area contributed by atoms with E-state index in [1.807, 2.05) is 6.92 Å². The number of carbonyl (C=O) groups excluding carboxylic acids is 2. The van der Waals surface area contributed by atoms with E-state index in [0.29, 0.717) is 6.42 Å². The molecule has 0 aromatic carbocycles. The van der Waals surface area contributed by atoms with Crippen molar-refractivity contribution >= 4 is 28.6 Å². The van der Waals surface area contributed by atoms with Gasteiger partial charge in [0.15, 0.2) is 16.6 Å². The van der Waals surface area contributed by atoms with Gasteiger partial charge in [-0.3, -0.25) is 9.59 Å². The van der Waals surface area contributed by atoms with Crippen molar-refractivity contribution in [1.29, 1.82) is 0 Å². The summed E-state index contributed by atoms with van der Waals surface area (Å²) in [5, 5.41) is 0. The first-order valence-electron chi connectivity index (χ1n) is 12.9. The highest BCUT2D eigenvalue weighted by Crippen LogP contribution is 2.79. The lowest BCUT2D eigenvalue weighted by atomic mass is 9.59. The van der Waals surface area contributed by atoms with E-state index in [1.54, 1.807) is 0 Å². The van der Waals surface area contributed by atoms with Crippen LogP contribution in [0.15, 0.2) is 12.2 Å². The molecule has 8 atom stereocenters. The quantitative estimate of drug-likeness (QED) is 0.295. The largest absolute Gasteiger partial charge is 0.469 e. The molecule has 0 N–H and O–H groups in total. The van der Waals surface area contributed by atoms with Gasteiger partial charge in [0.05, 0.1) is 30.1 Å². The van der Waals surface area contributed by atoms with Gasteiger partial charge in [-0.2, -0.15) is 0 Å². The number of hydrogen-bond acceptors (Lipinski definition) is 6. The van der Waals surface area contributed by atoms with Gasteiger partial charge in [0.25, 0.3) is 0 Å². The molecule has 1 heterocycles. The Bertz CT molecular complexity index is 952. The van der Waals surface area contributed by atoms with Crippen LogP contribution < -0.4 is 0 Å². The third-order valence-electron chi connectivity index (χ3n) is 9.62. The lowest BCUT2D eigenvalue weighted by molar-refractivity contribution is -0.174. The van der Waals surface area contributed by atoms with Crippen molar-refractivity contribution in [3.8, 4) is 0 Å². The summed E-state index contributed by atoms with van der Waals surface area (Å²) in [5.74, 6) is -0.993. The molecule has 0 aromatic heterocycles. The van der Waals surface area contributed by atoms with Crippen LogP contribution >= 0.6 is 0 Å². The molecule has 1 spiro atoms. The molecule has 5 aliphatic rings. The number of rotatable bonds is 5. The van der Waals surface area contributed by atoms with E-state index in [-0.39, 0.29) is 35.3 Å². The summed E-state index contributed by atoms with van der Waals surface area (Å²) < 4.78 is 25.7. The molecule has 5 fully saturated rings. The molecule has 0 radical (unpaired) electrons. The van der Waals surface area contributed by atoms with Crippen molar-refractivity contribution in [2.75, 3.05) is 7.11 Å². The molecule has 0 amide bonds. The van der Waals surface area contributed by atoms with E-state index in [4.69, 9.17) is 18.3 Å². The summed E-state index contributed by atoms with van der Waals surface area (Å²) in [4.78, 5) is 27.2. The molecular formula is C26H42O6Si2. The van der Waals surface area contributed by atoms with Gasteiger partial charge in [0, 0.05) is 11.8 Å². The second-order valence-electron chi connectivity index (χ2n) is 13.9. The fraction of sp³-hybridized carbons (Fsp3) is 0.846. The highest BCUT2D eigenvalue weighted by atomic mass is 28.4. The van der Waals surface area contributed by atoms with Crippen LogP contribution in [0.5, 0.6) is 0 Å². The first-order chi connectivity index (χ1) is 15.5. The molecule has 34 heavy (non-hydrogen) atoms. The fourth-order valence-corrected chi connectivity index (χ4v) is 11.7. The van der Waals surface area contributed by atoms with Crippen LogP contribution in [0.4, 0.5) is 0 Å². The Labute approximate surface area is 206 Å². The van der Waals surface area contributed by atoms with Crippen LogP contribution in [0.3, 0.4) is 0 Å². The van der Waals surface area contributed by atoms with Crippen molar-refractivity contribution in [1.82, 2.24) is 0 Å². The van der Waals surface area contributed by atoms with Crippen molar-refractivity contribution in [3.05, 3.63) is 12.2 Å². The first-order valence-corrected chi connectivity index (χ1v) is 19.7. The summed E-state index contributed by atoms with van der Waals surface area (Å²) >= 11 is 0. The van der Waals surface area contributed by atoms with Crippen molar-refractivity contribution < 1.29 is 27.9 Å². The minimum Gasteiger partial charge on any atom is -0.469 e. The molecule has 4 aliphatic carbocycles. The first kappa shape index (κ1) is 24.7. The lowest BCUT2D eigenvalue weighted by Crippen LogP contribution is -2.59. The van der Waals surface area contributed by atoms with Crippen LogP contribution in [-0.4, -0.2) is 53.0 Å². The van der Waals surface area contributed by atoms with Crippen molar-refractivity contribution in [2.24, 2.45) is 28.6 Å². The minimum absolute atomic E-state index is 0.0409. The maximum atomic E-state index is 13.7. The maximum Gasteiger partial charge on any atom is 0.312 e. The number of hydrogen-bond donors (Lipinski definition) is 0. The third kappa shape index (κ3) is 3.04. The highest BCUT2D eigenvalue weighted by molar-refractivity contribution is 6.70. The van der Waals surface area contributed by atoms with Crippen molar-refractivity contribution in [3.63, 3.8) is 0 Å². The number of esters is 2. The zero-order valence-electron chi connectivity index (χ0n) is 22.2. The molecule has 1 saturated heterocycles. The van der Waals surface area contributed by atoms with Gasteiger partial charge < -0.3 is 18.3 Å². The van der Waals surface area contributed by atoms with E-state index in [2.05, 4.69) is 45.9 Å². The highest BCUT2D eigenvalue weighted by Gasteiger charge is 2.85. The molecule has 190 valence electrons. The van der Waals surface area contributed by atoms with Crippen LogP contribution in [0.25, 0.3) is 0 Å². The van der Waals surface area contributed by atoms with Gasteiger partial charge in [0.1, 0.15) is 5.60 Å². The van der Waals surface area contributed by atoms with E-state index >= 15 is 0 Å². The zero-order valence-corrected chi connectivity index (χ0v) is 24.2. The van der Waals surface area contributed by atoms with E-state index in [1.165, 1.54) is 7.11 Å². The second kappa shape index (κ2) is 7.08. The van der Waals surface area contributed by atoms with Crippen LogP contribution in [0.2, 0.25) is 39.3 Å². The smallest absolute Gasteiger partial charge is 0.312 e. The molecule has 6 nitrogen and oxygen atoms in total. The second-order valence-corrected chi connectivity index (χ2v) is 22.8. The summed E-state index contributed by atoms with van der Waals surface area (Å²) in [7, 11) is -2.33. The van der Waals surface area contributed by atoms with Gasteiger partial charge in [-0.25, -0.2) is 0 Å². The van der Waals surface area contributed by atoms with E-state index in [9.17, 15) is 9.59 Å². The maximum absolute atomic E-state index is 13.7. The van der Waals surface area contributed by atoms with E-state index in [0.717, 1.165) is 37.7 Å². The predicted molar refractivity (Wildman–Crippen MR) is 134 cm³/mol. The molecule has 5 rings (SSSR count). The molecule has 8 heteroatoms. The standard InChI is InChI=1S/C26H42O6Si2/c1-16-14-24-15-25(16,32-34(7,8)9)13-10-17(24)26-18(31-33(4,5)6)11-12-23(2,22(28)30-26)20(26)19(24)21(27)29-3/h17-20H,1,10-15H2,2-9H3/t17-,18+,19-,20-,23?,24+,25+,26+/m1/s1. The average molecular weight is 507 g/mol. The zero-order chi connectivity index (χ0) is 25.1. The lowest BCUT2D eigenvalue weighted by Gasteiger charge is -2.51. The summed E-state index contributed by atoms with van der Waals surface area (Å²) in [6.45, 7) is 19.8. The Morgan fingerprint density at radius 2 is 1.76 bits per heavy atom. The molecule has 4 bridgehead atoms. The van der Waals surface area contributed by atoms with E-state index < -0.39 is 39.2 Å². The molecular weight excluding hydrogens is 464 g/mol. The third-order valence-corrected chi connectivity index (χ3v) is 11.6. The number of carbonyl (C=O) groups is 2. The number of methoxy groups -OCH3 is 1. The average Bonchev–Trinajstić information content (AvgIpc) is 3.12. The molecule has 1 aliphatic heterocycles. The fourth-order valence-electron chi connectivity index (χ4n) is 9.00. The number of ether oxygens (including phenoxy) is 2. The van der Waals surface area contributed by atoms with Gasteiger partial charge in [-0.05, 0) is 95.7 Å². The topological polar surface area (TPSA) is 71.1 Å². The summed E-state index contributed by atoms with van der Waals surface area (Å²) in [6.07, 6.45) is 4.50. The predicted octanol–water partition coefficient (Wildman–Crippen LogP) is 5.06. The summed E-state index contributed by atoms with van der Waals surface area (Å²) in [6, 6.07) is 0. The van der Waals surface area contributed by atoms with Gasteiger partial charge in [-0.1, -0.05) is 6.58 Å². The van der Waals surface area contributed by atoms with Crippen molar-refractivity contribution in [2.45, 2.75) is 102 Å². The Morgan fingerprint density at radius 3 is 2.35 bits per heavy atom. The van der Waals surface area contributed by atoms with Gasteiger partial charge >= 0.3 is 11.9 Å². The molecule has 1 unspecified atom stereocenters. The van der Waals surface area contributed by atoms with Crippen LogP contribution in [-0.2, 0) is 27.9 Å². The van der Waals surface area contributed by atoms with Gasteiger partial charge in [-0.15, -0.1) is 0 Å². The monoisotopic (exact) mass is 506 g/mol. The molecule has 0 aromatic rings. The Morgan fingerprint density at radius 1 is 1.09 bits per heavy atom. The van der Waals surface area contributed by atoms with Crippen LogP contribution in [0, 0.1) is 28.6 Å². The molecule has 4 saturated carbocycles. The summed E-state index contributed by atoms with van der Waals surface area (Å²) in [5.41, 5.74) is -1.14. The minimum atomic E-state index is -1.94.